The number of rotatable bonds is 2. The van der Waals surface area contributed by atoms with Crippen molar-refractivity contribution in [3.05, 3.63) is 28.8 Å². The first kappa shape index (κ1) is 10.9. The van der Waals surface area contributed by atoms with Gasteiger partial charge in [0.05, 0.1) is 11.6 Å². The maximum Gasteiger partial charge on any atom is 0.0578 e. The van der Waals surface area contributed by atoms with Crippen LogP contribution in [0.4, 0.5) is 0 Å². The molecule has 1 N–H and O–H groups in total. The number of halogens is 1. The van der Waals surface area contributed by atoms with Gasteiger partial charge in [0.15, 0.2) is 0 Å². The zero-order valence-corrected chi connectivity index (χ0v) is 9.87. The smallest absolute Gasteiger partial charge is 0.0578 e. The Bertz CT molecular complexity index is 397. The molecule has 1 nitrogen and oxygen atoms in total. The van der Waals surface area contributed by atoms with Gasteiger partial charge >= 0.3 is 0 Å². The summed E-state index contributed by atoms with van der Waals surface area (Å²) in [6.07, 6.45) is 6.36. The number of terminal acetylenes is 1. The Morgan fingerprint density at radius 3 is 3.27 bits per heavy atom. The Hall–Kier alpha value is -0.620. The first-order valence-corrected chi connectivity index (χ1v) is 6.27. The van der Waals surface area contributed by atoms with E-state index in [0.717, 1.165) is 17.2 Å². The molecule has 78 valence electrons. The summed E-state index contributed by atoms with van der Waals surface area (Å²) in [5, 5.41) is 4.20. The third-order valence-corrected chi connectivity index (χ3v) is 4.09. The monoisotopic (exact) mass is 237 g/mol. The highest BCUT2D eigenvalue weighted by molar-refractivity contribution is 7.99. The predicted octanol–water partition coefficient (Wildman–Crippen LogP) is 3.10. The summed E-state index contributed by atoms with van der Waals surface area (Å²) in [4.78, 5) is 1.21. The van der Waals surface area contributed by atoms with E-state index in [2.05, 4.69) is 17.3 Å². The van der Waals surface area contributed by atoms with Gasteiger partial charge in [0.2, 0.25) is 0 Å². The van der Waals surface area contributed by atoms with Crippen molar-refractivity contribution < 1.29 is 0 Å². The summed E-state index contributed by atoms with van der Waals surface area (Å²) < 4.78 is 0. The van der Waals surface area contributed by atoms with E-state index in [4.69, 9.17) is 18.0 Å². The summed E-state index contributed by atoms with van der Waals surface area (Å²) >= 11 is 7.98. The number of hydrogen-bond acceptors (Lipinski definition) is 2. The summed E-state index contributed by atoms with van der Waals surface area (Å²) in [5.41, 5.74) is 1.29. The summed E-state index contributed by atoms with van der Waals surface area (Å²) in [5.74, 6) is 3.71. The van der Waals surface area contributed by atoms with E-state index < -0.39 is 0 Å². The van der Waals surface area contributed by atoms with Crippen LogP contribution in [0.15, 0.2) is 23.1 Å². The van der Waals surface area contributed by atoms with Crippen LogP contribution in [0.5, 0.6) is 0 Å². The van der Waals surface area contributed by atoms with Crippen LogP contribution in [0.1, 0.15) is 18.0 Å². The standard InChI is InChI=1S/C12H12ClNS/c1-2-7-14-11-6-8-15-12-9(11)4-3-5-10(12)13/h1,3-5,11,14H,6-8H2. The normalized spacial score (nSPS) is 19.3. The molecule has 0 aromatic heterocycles. The van der Waals surface area contributed by atoms with Gasteiger partial charge < -0.3 is 0 Å². The molecule has 1 atom stereocenters. The zero-order valence-electron chi connectivity index (χ0n) is 8.29. The highest BCUT2D eigenvalue weighted by atomic mass is 35.5. The maximum atomic E-state index is 6.15. The highest BCUT2D eigenvalue weighted by Gasteiger charge is 2.21. The van der Waals surface area contributed by atoms with Gasteiger partial charge in [0.25, 0.3) is 0 Å². The number of nitrogens with one attached hydrogen (secondary N) is 1. The number of fused-ring (bicyclic) bond motifs is 1. The van der Waals surface area contributed by atoms with Gasteiger partial charge in [-0.25, -0.2) is 0 Å². The molecule has 1 aromatic carbocycles. The molecule has 0 spiro atoms. The molecule has 0 radical (unpaired) electrons. The lowest BCUT2D eigenvalue weighted by Gasteiger charge is -2.25. The zero-order chi connectivity index (χ0) is 10.7. The average molecular weight is 238 g/mol. The van der Waals surface area contributed by atoms with Gasteiger partial charge in [0.1, 0.15) is 0 Å². The second-order valence-electron chi connectivity index (χ2n) is 3.43. The minimum Gasteiger partial charge on any atom is -0.299 e. The van der Waals surface area contributed by atoms with E-state index in [-0.39, 0.29) is 0 Å². The SMILES string of the molecule is C#CCNC1CCSc2c(Cl)cccc21. The molecule has 0 bridgehead atoms. The van der Waals surface area contributed by atoms with Gasteiger partial charge in [-0.3, -0.25) is 5.32 Å². The molecule has 1 unspecified atom stereocenters. The minimum atomic E-state index is 0.357. The fourth-order valence-corrected chi connectivity index (χ4v) is 3.27. The van der Waals surface area contributed by atoms with Gasteiger partial charge in [-0.05, 0) is 23.8 Å². The molecule has 0 saturated heterocycles. The van der Waals surface area contributed by atoms with Gasteiger partial charge in [-0.2, -0.15) is 0 Å². The van der Waals surface area contributed by atoms with E-state index >= 15 is 0 Å². The fourth-order valence-electron chi connectivity index (χ4n) is 1.78. The Morgan fingerprint density at radius 2 is 2.47 bits per heavy atom. The molecule has 2 rings (SSSR count). The van der Waals surface area contributed by atoms with Crippen LogP contribution in [0.2, 0.25) is 5.02 Å². The third-order valence-electron chi connectivity index (χ3n) is 2.48. The minimum absolute atomic E-state index is 0.357. The van der Waals surface area contributed by atoms with E-state index in [1.165, 1.54) is 10.5 Å². The summed E-state index contributed by atoms with van der Waals surface area (Å²) in [6.45, 7) is 0.612. The first-order chi connectivity index (χ1) is 7.33. The van der Waals surface area contributed by atoms with Crippen LogP contribution in [0.25, 0.3) is 0 Å². The molecule has 3 heteroatoms. The Morgan fingerprint density at radius 1 is 1.60 bits per heavy atom. The van der Waals surface area contributed by atoms with Crippen molar-refractivity contribution in [2.45, 2.75) is 17.4 Å². The molecular formula is C12H12ClNS. The molecule has 0 saturated carbocycles. The molecule has 1 aliphatic rings. The van der Waals surface area contributed by atoms with Gasteiger partial charge in [0, 0.05) is 10.9 Å². The second kappa shape index (κ2) is 4.94. The quantitative estimate of drug-likeness (QED) is 0.794. The van der Waals surface area contributed by atoms with Gasteiger partial charge in [-0.15, -0.1) is 18.2 Å². The van der Waals surface area contributed by atoms with E-state index in [1.807, 2.05) is 23.9 Å². The van der Waals surface area contributed by atoms with Crippen LogP contribution in [-0.2, 0) is 0 Å². The molecule has 1 aromatic rings. The highest BCUT2D eigenvalue weighted by Crippen LogP contribution is 2.40. The van der Waals surface area contributed by atoms with E-state index in [1.54, 1.807) is 0 Å². The van der Waals surface area contributed by atoms with Crippen LogP contribution < -0.4 is 5.32 Å². The summed E-state index contributed by atoms with van der Waals surface area (Å²) in [6, 6.07) is 6.42. The molecular weight excluding hydrogens is 226 g/mol. The van der Waals surface area contributed by atoms with Crippen LogP contribution in [0.3, 0.4) is 0 Å². The number of thioether (sulfide) groups is 1. The Balaban J connectivity index is 2.27. The van der Waals surface area contributed by atoms with Crippen LogP contribution >= 0.6 is 23.4 Å². The van der Waals surface area contributed by atoms with Crippen molar-refractivity contribution in [1.29, 1.82) is 0 Å². The molecule has 0 amide bonds. The molecule has 15 heavy (non-hydrogen) atoms. The first-order valence-electron chi connectivity index (χ1n) is 4.91. The van der Waals surface area contributed by atoms with Crippen molar-refractivity contribution in [1.82, 2.24) is 5.32 Å². The van der Waals surface area contributed by atoms with Crippen molar-refractivity contribution in [2.75, 3.05) is 12.3 Å². The van der Waals surface area contributed by atoms with E-state index in [9.17, 15) is 0 Å². The molecule has 0 fully saturated rings. The lowest BCUT2D eigenvalue weighted by atomic mass is 10.0. The maximum absolute atomic E-state index is 6.15. The van der Waals surface area contributed by atoms with Crippen molar-refractivity contribution >= 4 is 23.4 Å². The largest absolute Gasteiger partial charge is 0.299 e. The molecule has 1 aliphatic heterocycles. The molecule has 1 heterocycles. The van der Waals surface area contributed by atoms with Crippen molar-refractivity contribution in [2.24, 2.45) is 0 Å². The molecule has 0 aliphatic carbocycles. The lowest BCUT2D eigenvalue weighted by Crippen LogP contribution is -2.24. The average Bonchev–Trinajstić information content (AvgIpc) is 2.27. The number of benzene rings is 1. The summed E-state index contributed by atoms with van der Waals surface area (Å²) in [7, 11) is 0. The van der Waals surface area contributed by atoms with Crippen molar-refractivity contribution in [3.63, 3.8) is 0 Å². The Labute approximate surface area is 99.6 Å². The second-order valence-corrected chi connectivity index (χ2v) is 4.95. The van der Waals surface area contributed by atoms with Gasteiger partial charge in [-0.1, -0.05) is 29.7 Å². The Kier molecular flexibility index (Phi) is 3.58. The number of hydrogen-bond donors (Lipinski definition) is 1. The fraction of sp³-hybridized carbons (Fsp3) is 0.333. The van der Waals surface area contributed by atoms with E-state index in [0.29, 0.717) is 12.6 Å². The lowest BCUT2D eigenvalue weighted by molar-refractivity contribution is 0.545. The van der Waals surface area contributed by atoms with Crippen molar-refractivity contribution in [3.8, 4) is 12.3 Å². The third kappa shape index (κ3) is 2.31. The topological polar surface area (TPSA) is 12.0 Å². The van der Waals surface area contributed by atoms with Crippen LogP contribution in [-0.4, -0.2) is 12.3 Å². The van der Waals surface area contributed by atoms with Crippen LogP contribution in [0, 0.1) is 12.3 Å². The predicted molar refractivity (Wildman–Crippen MR) is 66.4 cm³/mol.